The van der Waals surface area contributed by atoms with E-state index >= 15 is 0 Å². The van der Waals surface area contributed by atoms with Gasteiger partial charge in [0.2, 0.25) is 0 Å². The molecule has 1 fully saturated rings. The zero-order valence-electron chi connectivity index (χ0n) is 16.1. The highest BCUT2D eigenvalue weighted by molar-refractivity contribution is 5.99. The average molecular weight is 391 g/mol. The number of carbonyl (C=O) groups excluding carboxylic acids is 4. The SMILES string of the molecule is COC(=O)c1cc(NC(=O)COC(=O)CCC2CCCC2)cc(C(=O)OC)c1. The van der Waals surface area contributed by atoms with Gasteiger partial charge in [-0.15, -0.1) is 0 Å². The van der Waals surface area contributed by atoms with Crippen LogP contribution in [0.4, 0.5) is 5.69 Å². The molecule has 0 atom stereocenters. The first-order valence-electron chi connectivity index (χ1n) is 9.20. The summed E-state index contributed by atoms with van der Waals surface area (Å²) in [5, 5.41) is 2.50. The van der Waals surface area contributed by atoms with Gasteiger partial charge in [0, 0.05) is 12.1 Å². The minimum atomic E-state index is -0.667. The van der Waals surface area contributed by atoms with Gasteiger partial charge in [-0.1, -0.05) is 25.7 Å². The summed E-state index contributed by atoms with van der Waals surface area (Å²) >= 11 is 0. The molecule has 1 saturated carbocycles. The first-order valence-corrected chi connectivity index (χ1v) is 9.20. The number of benzene rings is 1. The minimum absolute atomic E-state index is 0.0780. The maximum absolute atomic E-state index is 12.1. The number of nitrogens with one attached hydrogen (secondary N) is 1. The fraction of sp³-hybridized carbons (Fsp3) is 0.500. The Labute approximate surface area is 163 Å². The highest BCUT2D eigenvalue weighted by Gasteiger charge is 2.18. The molecule has 0 saturated heterocycles. The number of esters is 3. The molecule has 0 aliphatic heterocycles. The second-order valence-corrected chi connectivity index (χ2v) is 6.68. The molecule has 1 aliphatic rings. The van der Waals surface area contributed by atoms with E-state index in [0.29, 0.717) is 12.3 Å². The van der Waals surface area contributed by atoms with Gasteiger partial charge >= 0.3 is 17.9 Å². The Balaban J connectivity index is 1.91. The highest BCUT2D eigenvalue weighted by Crippen LogP contribution is 2.28. The molecule has 0 heterocycles. The smallest absolute Gasteiger partial charge is 0.337 e. The quantitative estimate of drug-likeness (QED) is 0.536. The minimum Gasteiger partial charge on any atom is -0.465 e. The Kier molecular flexibility index (Phi) is 7.98. The Bertz CT molecular complexity index is 704. The third kappa shape index (κ3) is 6.37. The molecule has 0 aromatic heterocycles. The lowest BCUT2D eigenvalue weighted by Gasteiger charge is -2.11. The van der Waals surface area contributed by atoms with Crippen LogP contribution in [0.2, 0.25) is 0 Å². The second-order valence-electron chi connectivity index (χ2n) is 6.68. The van der Waals surface area contributed by atoms with E-state index in [4.69, 9.17) is 4.74 Å². The van der Waals surface area contributed by atoms with Crippen LogP contribution in [0.5, 0.6) is 0 Å². The summed E-state index contributed by atoms with van der Waals surface area (Å²) < 4.78 is 14.3. The van der Waals surface area contributed by atoms with Crippen LogP contribution in [0.15, 0.2) is 18.2 Å². The molecule has 2 rings (SSSR count). The van der Waals surface area contributed by atoms with Crippen LogP contribution < -0.4 is 5.32 Å². The summed E-state index contributed by atoms with van der Waals surface area (Å²) in [7, 11) is 2.41. The number of amides is 1. The van der Waals surface area contributed by atoms with Gasteiger partial charge in [0.1, 0.15) is 0 Å². The average Bonchev–Trinajstić information content (AvgIpc) is 3.22. The van der Waals surface area contributed by atoms with Crippen molar-refractivity contribution in [3.8, 4) is 0 Å². The topological polar surface area (TPSA) is 108 Å². The van der Waals surface area contributed by atoms with E-state index in [1.165, 1.54) is 45.3 Å². The Morgan fingerprint density at radius 1 is 0.964 bits per heavy atom. The van der Waals surface area contributed by atoms with Crippen molar-refractivity contribution in [2.75, 3.05) is 26.1 Å². The van der Waals surface area contributed by atoms with Crippen molar-refractivity contribution in [1.29, 1.82) is 0 Å². The molecule has 0 radical (unpaired) electrons. The summed E-state index contributed by atoms with van der Waals surface area (Å²) in [6, 6.07) is 4.02. The van der Waals surface area contributed by atoms with Crippen LogP contribution in [0.1, 0.15) is 59.2 Å². The molecule has 0 bridgehead atoms. The van der Waals surface area contributed by atoms with Crippen LogP contribution >= 0.6 is 0 Å². The maximum Gasteiger partial charge on any atom is 0.337 e. The zero-order chi connectivity index (χ0) is 20.5. The van der Waals surface area contributed by atoms with Crippen LogP contribution in [0, 0.1) is 5.92 Å². The first-order chi connectivity index (χ1) is 13.4. The maximum atomic E-state index is 12.1. The standard InChI is InChI=1S/C20H25NO7/c1-26-19(24)14-9-15(20(25)27-2)11-16(10-14)21-17(22)12-28-18(23)8-7-13-5-3-4-6-13/h9-11,13H,3-8,12H2,1-2H3,(H,21,22). The van der Waals surface area contributed by atoms with Gasteiger partial charge < -0.3 is 19.5 Å². The fourth-order valence-electron chi connectivity index (χ4n) is 3.21. The summed E-state index contributed by atoms with van der Waals surface area (Å²) in [5.74, 6) is -1.76. The van der Waals surface area contributed by atoms with Crippen molar-refractivity contribution in [2.45, 2.75) is 38.5 Å². The largest absolute Gasteiger partial charge is 0.465 e. The Morgan fingerprint density at radius 3 is 2.07 bits per heavy atom. The molecule has 8 heteroatoms. The van der Waals surface area contributed by atoms with Gasteiger partial charge in [-0.2, -0.15) is 0 Å². The monoisotopic (exact) mass is 391 g/mol. The lowest BCUT2D eigenvalue weighted by molar-refractivity contribution is -0.147. The Morgan fingerprint density at radius 2 is 1.54 bits per heavy atom. The molecule has 28 heavy (non-hydrogen) atoms. The van der Waals surface area contributed by atoms with E-state index in [2.05, 4.69) is 14.8 Å². The van der Waals surface area contributed by atoms with E-state index < -0.39 is 30.4 Å². The van der Waals surface area contributed by atoms with E-state index in [-0.39, 0.29) is 16.8 Å². The highest BCUT2D eigenvalue weighted by atomic mass is 16.5. The predicted octanol–water partition coefficient (Wildman–Crippen LogP) is 2.71. The van der Waals surface area contributed by atoms with Gasteiger partial charge in [0.25, 0.3) is 5.91 Å². The van der Waals surface area contributed by atoms with Gasteiger partial charge in [-0.3, -0.25) is 9.59 Å². The summed E-state index contributed by atoms with van der Waals surface area (Å²) in [5.41, 5.74) is 0.346. The van der Waals surface area contributed by atoms with Gasteiger partial charge in [0.05, 0.1) is 25.3 Å². The predicted molar refractivity (Wildman–Crippen MR) is 99.9 cm³/mol. The van der Waals surface area contributed by atoms with Crippen molar-refractivity contribution < 1.29 is 33.4 Å². The zero-order valence-corrected chi connectivity index (χ0v) is 16.1. The van der Waals surface area contributed by atoms with Crippen LogP contribution in [0.25, 0.3) is 0 Å². The molecule has 1 aliphatic carbocycles. The summed E-state index contributed by atoms with van der Waals surface area (Å²) in [6.07, 6.45) is 5.78. The summed E-state index contributed by atoms with van der Waals surface area (Å²) in [4.78, 5) is 47.4. The van der Waals surface area contributed by atoms with Gasteiger partial charge in [0.15, 0.2) is 6.61 Å². The van der Waals surface area contributed by atoms with Crippen molar-refractivity contribution in [3.05, 3.63) is 29.3 Å². The van der Waals surface area contributed by atoms with Crippen molar-refractivity contribution in [3.63, 3.8) is 0 Å². The molecule has 152 valence electrons. The number of ether oxygens (including phenoxy) is 3. The van der Waals surface area contributed by atoms with Gasteiger partial charge in [-0.05, 0) is 30.5 Å². The first kappa shape index (κ1) is 21.4. The van der Waals surface area contributed by atoms with Crippen LogP contribution in [-0.2, 0) is 23.8 Å². The number of hydrogen-bond donors (Lipinski definition) is 1. The third-order valence-corrected chi connectivity index (χ3v) is 4.65. The normalized spacial score (nSPS) is 13.6. The number of carbonyl (C=O) groups is 4. The molecular formula is C20H25NO7. The Hall–Kier alpha value is -2.90. The van der Waals surface area contributed by atoms with E-state index in [0.717, 1.165) is 19.3 Å². The lowest BCUT2D eigenvalue weighted by Crippen LogP contribution is -2.21. The fourth-order valence-corrected chi connectivity index (χ4v) is 3.21. The van der Waals surface area contributed by atoms with Crippen molar-refractivity contribution in [2.24, 2.45) is 5.92 Å². The van der Waals surface area contributed by atoms with E-state index in [9.17, 15) is 19.2 Å². The molecule has 0 unspecified atom stereocenters. The molecule has 1 aromatic carbocycles. The number of rotatable bonds is 8. The molecular weight excluding hydrogens is 366 g/mol. The lowest BCUT2D eigenvalue weighted by atomic mass is 10.0. The van der Waals surface area contributed by atoms with E-state index in [1.54, 1.807) is 0 Å². The number of hydrogen-bond acceptors (Lipinski definition) is 7. The number of methoxy groups -OCH3 is 2. The molecule has 0 spiro atoms. The van der Waals surface area contributed by atoms with Gasteiger partial charge in [-0.25, -0.2) is 9.59 Å². The van der Waals surface area contributed by atoms with E-state index in [1.807, 2.05) is 0 Å². The number of anilines is 1. The second kappa shape index (κ2) is 10.4. The van der Waals surface area contributed by atoms with Crippen LogP contribution in [0.3, 0.4) is 0 Å². The van der Waals surface area contributed by atoms with Crippen molar-refractivity contribution >= 4 is 29.5 Å². The molecule has 1 N–H and O–H groups in total. The van der Waals surface area contributed by atoms with Crippen LogP contribution in [-0.4, -0.2) is 44.6 Å². The van der Waals surface area contributed by atoms with Crippen molar-refractivity contribution in [1.82, 2.24) is 0 Å². The summed E-state index contributed by atoms with van der Waals surface area (Å²) in [6.45, 7) is -0.445. The third-order valence-electron chi connectivity index (χ3n) is 4.65. The molecule has 1 amide bonds. The molecule has 8 nitrogen and oxygen atoms in total. The molecule has 1 aromatic rings.